The predicted octanol–water partition coefficient (Wildman–Crippen LogP) is 0.681. The van der Waals surface area contributed by atoms with Crippen LogP contribution >= 0.6 is 22.6 Å². The van der Waals surface area contributed by atoms with Crippen molar-refractivity contribution in [3.63, 3.8) is 0 Å². The summed E-state index contributed by atoms with van der Waals surface area (Å²) in [5.74, 6) is -0.542. The minimum atomic E-state index is -0.542. The first-order chi connectivity index (χ1) is 5.79. The van der Waals surface area contributed by atoms with Crippen LogP contribution in [0.1, 0.15) is 11.6 Å². The quantitative estimate of drug-likeness (QED) is 0.806. The molecule has 1 rings (SSSR count). The van der Waals surface area contributed by atoms with Crippen LogP contribution in [0.2, 0.25) is 0 Å². The number of hydrogen-bond donors (Lipinski definition) is 1. The van der Waals surface area contributed by atoms with E-state index < -0.39 is 5.92 Å². The molecule has 12 heavy (non-hydrogen) atoms. The maximum atomic E-state index is 8.82. The minimum Gasteiger partial charge on any atom is -0.395 e. The van der Waals surface area contributed by atoms with Crippen molar-refractivity contribution in [1.29, 1.82) is 5.26 Å². The number of rotatable bonds is 2. The van der Waals surface area contributed by atoms with Gasteiger partial charge in [0.25, 0.3) is 0 Å². The molecule has 0 saturated carbocycles. The first-order valence-corrected chi connectivity index (χ1v) is 4.33. The van der Waals surface area contributed by atoms with Gasteiger partial charge in [-0.25, -0.2) is 9.97 Å². The molecular formula is C7H6IN3O. The molecule has 1 aromatic heterocycles. The van der Waals surface area contributed by atoms with Crippen LogP contribution in [0.5, 0.6) is 0 Å². The van der Waals surface area contributed by atoms with E-state index in [0.717, 1.165) is 3.57 Å². The van der Waals surface area contributed by atoms with Gasteiger partial charge in [-0.05, 0) is 22.6 Å². The number of halogens is 1. The summed E-state index contributed by atoms with van der Waals surface area (Å²) in [6.07, 6.45) is 2.99. The fourth-order valence-electron chi connectivity index (χ4n) is 0.767. The Morgan fingerprint density at radius 1 is 1.75 bits per heavy atom. The molecule has 1 heterocycles. The molecule has 0 radical (unpaired) electrons. The van der Waals surface area contributed by atoms with E-state index in [1.165, 1.54) is 6.33 Å². The van der Waals surface area contributed by atoms with Gasteiger partial charge in [-0.15, -0.1) is 0 Å². The highest BCUT2D eigenvalue weighted by atomic mass is 127. The van der Waals surface area contributed by atoms with Gasteiger partial charge in [0.1, 0.15) is 12.2 Å². The highest BCUT2D eigenvalue weighted by Crippen LogP contribution is 2.16. The fourth-order valence-corrected chi connectivity index (χ4v) is 1.44. The van der Waals surface area contributed by atoms with E-state index in [-0.39, 0.29) is 6.61 Å². The van der Waals surface area contributed by atoms with Crippen molar-refractivity contribution in [3.8, 4) is 6.07 Å². The van der Waals surface area contributed by atoms with Crippen molar-refractivity contribution in [2.45, 2.75) is 5.92 Å². The van der Waals surface area contributed by atoms with Crippen molar-refractivity contribution in [3.05, 3.63) is 21.8 Å². The van der Waals surface area contributed by atoms with Gasteiger partial charge in [-0.3, -0.25) is 0 Å². The second-order valence-corrected chi connectivity index (χ2v) is 3.28. The van der Waals surface area contributed by atoms with Gasteiger partial charge in [0.2, 0.25) is 0 Å². The Labute approximate surface area is 83.4 Å². The van der Waals surface area contributed by atoms with Gasteiger partial charge in [0.15, 0.2) is 0 Å². The van der Waals surface area contributed by atoms with Gasteiger partial charge in [0.05, 0.1) is 21.9 Å². The third-order valence-corrected chi connectivity index (χ3v) is 2.20. The van der Waals surface area contributed by atoms with E-state index >= 15 is 0 Å². The summed E-state index contributed by atoms with van der Waals surface area (Å²) in [4.78, 5) is 7.71. The zero-order valence-corrected chi connectivity index (χ0v) is 8.26. The van der Waals surface area contributed by atoms with Crippen LogP contribution in [0.3, 0.4) is 0 Å². The zero-order chi connectivity index (χ0) is 8.97. The number of hydrogen-bond acceptors (Lipinski definition) is 4. The molecule has 1 N–H and O–H groups in total. The zero-order valence-electron chi connectivity index (χ0n) is 6.11. The molecule has 0 aliphatic heterocycles. The number of nitriles is 1. The Hall–Kier alpha value is -0.740. The second-order valence-electron chi connectivity index (χ2n) is 2.12. The van der Waals surface area contributed by atoms with Crippen LogP contribution < -0.4 is 0 Å². The third kappa shape index (κ3) is 1.89. The van der Waals surface area contributed by atoms with Gasteiger partial charge >= 0.3 is 0 Å². The Balaban J connectivity index is 3.02. The predicted molar refractivity (Wildman–Crippen MR) is 50.2 cm³/mol. The Kier molecular flexibility index (Phi) is 3.37. The van der Waals surface area contributed by atoms with Crippen molar-refractivity contribution >= 4 is 22.6 Å². The Bertz CT molecular complexity index is 310. The normalized spacial score (nSPS) is 12.1. The summed E-state index contributed by atoms with van der Waals surface area (Å²) in [6, 6.07) is 1.96. The first-order valence-electron chi connectivity index (χ1n) is 3.25. The van der Waals surface area contributed by atoms with Crippen LogP contribution in [0.25, 0.3) is 0 Å². The van der Waals surface area contributed by atoms with E-state index in [2.05, 4.69) is 9.97 Å². The molecule has 1 unspecified atom stereocenters. The molecule has 0 aliphatic carbocycles. The van der Waals surface area contributed by atoms with Crippen LogP contribution in [-0.2, 0) is 0 Å². The van der Waals surface area contributed by atoms with E-state index in [1.54, 1.807) is 6.20 Å². The minimum absolute atomic E-state index is 0.205. The molecule has 5 heteroatoms. The van der Waals surface area contributed by atoms with Crippen LogP contribution in [0, 0.1) is 14.9 Å². The summed E-state index contributed by atoms with van der Waals surface area (Å²) in [5, 5.41) is 17.4. The third-order valence-electron chi connectivity index (χ3n) is 1.36. The average molecular weight is 275 g/mol. The molecule has 0 spiro atoms. The topological polar surface area (TPSA) is 69.8 Å². The van der Waals surface area contributed by atoms with E-state index in [0.29, 0.717) is 5.69 Å². The van der Waals surface area contributed by atoms with Crippen LogP contribution in [-0.4, -0.2) is 21.7 Å². The second kappa shape index (κ2) is 4.33. The van der Waals surface area contributed by atoms with E-state index in [1.807, 2.05) is 28.7 Å². The molecule has 0 saturated heterocycles. The lowest BCUT2D eigenvalue weighted by atomic mass is 10.1. The molecule has 0 aliphatic rings. The Morgan fingerprint density at radius 3 is 3.00 bits per heavy atom. The lowest BCUT2D eigenvalue weighted by Crippen LogP contribution is -2.06. The number of aliphatic hydroxyl groups excluding tert-OH is 1. The Morgan fingerprint density at radius 2 is 2.50 bits per heavy atom. The van der Waals surface area contributed by atoms with Gasteiger partial charge in [0, 0.05) is 6.20 Å². The molecule has 0 bridgehead atoms. The highest BCUT2D eigenvalue weighted by molar-refractivity contribution is 14.1. The molecule has 0 aromatic carbocycles. The summed E-state index contributed by atoms with van der Waals surface area (Å²) < 4.78 is 0.802. The maximum Gasteiger partial charge on any atom is 0.115 e. The number of aromatic nitrogens is 2. The maximum absolute atomic E-state index is 8.82. The largest absolute Gasteiger partial charge is 0.395 e. The molecule has 4 nitrogen and oxygen atoms in total. The monoisotopic (exact) mass is 275 g/mol. The van der Waals surface area contributed by atoms with E-state index in [9.17, 15) is 0 Å². The van der Waals surface area contributed by atoms with Crippen LogP contribution in [0.4, 0.5) is 0 Å². The summed E-state index contributed by atoms with van der Waals surface area (Å²) in [6.45, 7) is -0.205. The summed E-state index contributed by atoms with van der Waals surface area (Å²) >= 11 is 2.04. The number of nitrogens with zero attached hydrogens (tertiary/aromatic N) is 3. The summed E-state index contributed by atoms with van der Waals surface area (Å²) in [7, 11) is 0. The molecular weight excluding hydrogens is 269 g/mol. The van der Waals surface area contributed by atoms with Crippen molar-refractivity contribution in [2.75, 3.05) is 6.61 Å². The first kappa shape index (κ1) is 9.35. The molecule has 62 valence electrons. The highest BCUT2D eigenvalue weighted by Gasteiger charge is 2.13. The van der Waals surface area contributed by atoms with Crippen LogP contribution in [0.15, 0.2) is 12.5 Å². The smallest absolute Gasteiger partial charge is 0.115 e. The van der Waals surface area contributed by atoms with Crippen molar-refractivity contribution in [1.82, 2.24) is 9.97 Å². The van der Waals surface area contributed by atoms with Gasteiger partial charge < -0.3 is 5.11 Å². The molecule has 0 fully saturated rings. The standard InChI is InChI=1S/C7H6IN3O/c8-6-2-10-4-11-7(6)5(1-9)3-12/h2,4-5,12H,3H2. The average Bonchev–Trinajstić information content (AvgIpc) is 2.10. The van der Waals surface area contributed by atoms with Crippen molar-refractivity contribution in [2.24, 2.45) is 0 Å². The fraction of sp³-hybridized carbons (Fsp3) is 0.286. The summed E-state index contributed by atoms with van der Waals surface area (Å²) in [5.41, 5.74) is 0.593. The van der Waals surface area contributed by atoms with Gasteiger partial charge in [-0.1, -0.05) is 0 Å². The molecule has 1 aromatic rings. The van der Waals surface area contributed by atoms with Crippen molar-refractivity contribution < 1.29 is 5.11 Å². The lowest BCUT2D eigenvalue weighted by Gasteiger charge is -2.04. The lowest BCUT2D eigenvalue weighted by molar-refractivity contribution is 0.283. The number of aliphatic hydroxyl groups is 1. The SMILES string of the molecule is N#CC(CO)c1ncncc1I. The van der Waals surface area contributed by atoms with E-state index in [4.69, 9.17) is 10.4 Å². The molecule has 1 atom stereocenters. The van der Waals surface area contributed by atoms with Gasteiger partial charge in [-0.2, -0.15) is 5.26 Å². The molecule has 0 amide bonds.